The van der Waals surface area contributed by atoms with Crippen LogP contribution in [0.4, 0.5) is 0 Å². The van der Waals surface area contributed by atoms with E-state index >= 15 is 0 Å². The van der Waals surface area contributed by atoms with E-state index in [1.54, 1.807) is 0 Å². The van der Waals surface area contributed by atoms with Gasteiger partial charge in [-0.1, -0.05) is 12.1 Å². The maximum atomic E-state index is 3.84. The lowest BCUT2D eigenvalue weighted by Crippen LogP contribution is -1.91. The molecule has 0 bridgehead atoms. The number of nitrogens with zero attached hydrogens (tertiary/aromatic N) is 2. The van der Waals surface area contributed by atoms with Crippen LogP contribution < -0.4 is 0 Å². The van der Waals surface area contributed by atoms with Gasteiger partial charge >= 0.3 is 0 Å². The maximum absolute atomic E-state index is 3.84. The monoisotopic (exact) mass is 260 g/mol. The first kappa shape index (κ1) is 7.21. The standard InChI is InChI=1S/C8H7IN2/c9-7-3-1-6(2-4-7)5-8-10-11-8/h1-4,8H,5H2/i10+1,11+1. The van der Waals surface area contributed by atoms with Crippen LogP contribution >= 0.6 is 22.6 Å². The fourth-order valence-electron chi connectivity index (χ4n) is 0.960. The molecule has 3 heteroatoms. The molecule has 11 heavy (non-hydrogen) atoms. The maximum Gasteiger partial charge on any atom is 0.185 e. The first-order valence-electron chi connectivity index (χ1n) is 3.49. The van der Waals surface area contributed by atoms with Crippen LogP contribution in [0.1, 0.15) is 5.56 Å². The van der Waals surface area contributed by atoms with Gasteiger partial charge in [-0.2, -0.15) is 10.2 Å². The van der Waals surface area contributed by atoms with E-state index in [9.17, 15) is 0 Å². The first-order chi connectivity index (χ1) is 5.34. The summed E-state index contributed by atoms with van der Waals surface area (Å²) < 4.78 is 1.27. The molecule has 0 fully saturated rings. The molecule has 0 saturated heterocycles. The van der Waals surface area contributed by atoms with Crippen LogP contribution in [-0.2, 0) is 6.42 Å². The fourth-order valence-corrected chi connectivity index (χ4v) is 1.32. The molecule has 2 rings (SSSR count). The Balaban J connectivity index is 2.06. The zero-order chi connectivity index (χ0) is 7.68. The van der Waals surface area contributed by atoms with Gasteiger partial charge in [0.1, 0.15) is 0 Å². The van der Waals surface area contributed by atoms with Crippen LogP contribution in [0.2, 0.25) is 0 Å². The number of hydrogen-bond acceptors (Lipinski definition) is 2. The van der Waals surface area contributed by atoms with Crippen LogP contribution in [0.5, 0.6) is 0 Å². The van der Waals surface area contributed by atoms with Crippen molar-refractivity contribution >= 4 is 22.6 Å². The van der Waals surface area contributed by atoms with Crippen molar-refractivity contribution in [2.75, 3.05) is 0 Å². The fraction of sp³-hybridized carbons (Fsp3) is 0.250. The highest BCUT2D eigenvalue weighted by Gasteiger charge is 2.15. The van der Waals surface area contributed by atoms with Crippen molar-refractivity contribution in [2.24, 2.45) is 10.2 Å². The number of benzene rings is 1. The molecule has 0 aromatic heterocycles. The molecular weight excluding hydrogens is 253 g/mol. The van der Waals surface area contributed by atoms with Crippen molar-refractivity contribution in [3.63, 3.8) is 0 Å². The van der Waals surface area contributed by atoms with E-state index < -0.39 is 0 Å². The molecule has 0 atom stereocenters. The summed E-state index contributed by atoms with van der Waals surface area (Å²) in [5, 5.41) is 7.69. The van der Waals surface area contributed by atoms with E-state index in [2.05, 4.69) is 57.1 Å². The Kier molecular flexibility index (Phi) is 1.89. The number of hydrogen-bond donors (Lipinski definition) is 0. The summed E-state index contributed by atoms with van der Waals surface area (Å²) in [5.41, 5.74) is 1.32. The van der Waals surface area contributed by atoms with Crippen molar-refractivity contribution in [3.05, 3.63) is 33.4 Å². The van der Waals surface area contributed by atoms with Gasteiger partial charge in [0.15, 0.2) is 6.17 Å². The second-order valence-electron chi connectivity index (χ2n) is 2.54. The average Bonchev–Trinajstić information content (AvgIpc) is 2.78. The molecule has 0 unspecified atom stereocenters. The molecule has 56 valence electrons. The Morgan fingerprint density at radius 2 is 1.82 bits per heavy atom. The van der Waals surface area contributed by atoms with Crippen LogP contribution in [-0.4, -0.2) is 6.17 Å². The summed E-state index contributed by atoms with van der Waals surface area (Å²) in [6.45, 7) is 0. The molecule has 0 saturated carbocycles. The summed E-state index contributed by atoms with van der Waals surface area (Å²) in [4.78, 5) is 0. The van der Waals surface area contributed by atoms with Gasteiger partial charge < -0.3 is 0 Å². The third-order valence-electron chi connectivity index (χ3n) is 1.61. The third-order valence-corrected chi connectivity index (χ3v) is 2.33. The zero-order valence-electron chi connectivity index (χ0n) is 5.87. The average molecular weight is 260 g/mol. The number of rotatable bonds is 2. The zero-order valence-corrected chi connectivity index (χ0v) is 8.02. The van der Waals surface area contributed by atoms with Crippen molar-refractivity contribution in [1.82, 2.24) is 0 Å². The Hall–Kier alpha value is -0.450. The predicted octanol–water partition coefficient (Wildman–Crippen LogP) is 2.63. The normalized spacial score (nSPS) is 15.4. The van der Waals surface area contributed by atoms with Crippen LogP contribution in [0, 0.1) is 3.57 Å². The van der Waals surface area contributed by atoms with Crippen LogP contribution in [0.25, 0.3) is 0 Å². The highest BCUT2D eigenvalue weighted by Crippen LogP contribution is 2.17. The topological polar surface area (TPSA) is 24.7 Å². The minimum atomic E-state index is 0.259. The second kappa shape index (κ2) is 2.89. The Labute approximate surface area is 78.9 Å². The first-order valence-corrected chi connectivity index (χ1v) is 4.57. The van der Waals surface area contributed by atoms with E-state index in [4.69, 9.17) is 0 Å². The molecule has 1 aliphatic rings. The van der Waals surface area contributed by atoms with Crippen LogP contribution in [0.3, 0.4) is 0 Å². The molecule has 0 N–H and O–H groups in total. The SMILES string of the molecule is Ic1ccc(CC2[15N]=[15N]2)cc1. The molecule has 0 radical (unpaired) electrons. The van der Waals surface area contributed by atoms with E-state index in [1.807, 2.05) is 0 Å². The van der Waals surface area contributed by atoms with Gasteiger partial charge in [0.2, 0.25) is 0 Å². The molecular formula is C8H7IN2. The predicted molar refractivity (Wildman–Crippen MR) is 51.5 cm³/mol. The van der Waals surface area contributed by atoms with Crippen molar-refractivity contribution in [2.45, 2.75) is 12.6 Å². The Bertz CT molecular complexity index is 273. The van der Waals surface area contributed by atoms with Crippen molar-refractivity contribution < 1.29 is 0 Å². The van der Waals surface area contributed by atoms with Gasteiger partial charge in [-0.3, -0.25) is 0 Å². The molecule has 1 aromatic rings. The second-order valence-corrected chi connectivity index (χ2v) is 3.79. The molecule has 1 aliphatic heterocycles. The van der Waals surface area contributed by atoms with Gasteiger partial charge in [-0.05, 0) is 40.3 Å². The van der Waals surface area contributed by atoms with Gasteiger partial charge in [0.05, 0.1) is 0 Å². The summed E-state index contributed by atoms with van der Waals surface area (Å²) in [5.74, 6) is 0. The minimum absolute atomic E-state index is 0.259. The third kappa shape index (κ3) is 1.99. The van der Waals surface area contributed by atoms with E-state index in [0.717, 1.165) is 6.42 Å². The summed E-state index contributed by atoms with van der Waals surface area (Å²) in [6, 6.07) is 8.48. The highest BCUT2D eigenvalue weighted by atomic mass is 127. The highest BCUT2D eigenvalue weighted by molar-refractivity contribution is 14.1. The van der Waals surface area contributed by atoms with Crippen molar-refractivity contribution in [3.8, 4) is 0 Å². The van der Waals surface area contributed by atoms with E-state index in [-0.39, 0.29) is 6.17 Å². The van der Waals surface area contributed by atoms with Crippen LogP contribution in [0.15, 0.2) is 34.5 Å². The van der Waals surface area contributed by atoms with E-state index in [0.29, 0.717) is 0 Å². The number of halogens is 1. The molecule has 1 heterocycles. The summed E-state index contributed by atoms with van der Waals surface area (Å²) >= 11 is 2.30. The van der Waals surface area contributed by atoms with E-state index in [1.165, 1.54) is 9.13 Å². The summed E-state index contributed by atoms with van der Waals surface area (Å²) in [7, 11) is 0. The quantitative estimate of drug-likeness (QED) is 0.576. The Morgan fingerprint density at radius 3 is 2.36 bits per heavy atom. The van der Waals surface area contributed by atoms with Gasteiger partial charge in [0.25, 0.3) is 0 Å². The lowest BCUT2D eigenvalue weighted by atomic mass is 10.1. The minimum Gasteiger partial charge on any atom is -0.162 e. The van der Waals surface area contributed by atoms with Gasteiger partial charge in [-0.25, -0.2) is 0 Å². The molecule has 0 amide bonds. The lowest BCUT2D eigenvalue weighted by molar-refractivity contribution is 0.905. The van der Waals surface area contributed by atoms with Gasteiger partial charge in [0, 0.05) is 9.99 Å². The Morgan fingerprint density at radius 1 is 1.18 bits per heavy atom. The summed E-state index contributed by atoms with van der Waals surface area (Å²) in [6.07, 6.45) is 1.23. The molecule has 2 nitrogen and oxygen atoms in total. The smallest absolute Gasteiger partial charge is 0.162 e. The largest absolute Gasteiger partial charge is 0.185 e. The molecule has 0 aliphatic carbocycles. The molecule has 0 spiro atoms. The van der Waals surface area contributed by atoms with Crippen molar-refractivity contribution in [1.29, 1.82) is 0 Å². The molecule has 1 aromatic carbocycles. The lowest BCUT2D eigenvalue weighted by Gasteiger charge is -1.95. The van der Waals surface area contributed by atoms with Gasteiger partial charge in [-0.15, -0.1) is 0 Å².